The molecule has 0 aliphatic heterocycles. The van der Waals surface area contributed by atoms with Crippen LogP contribution in [0.2, 0.25) is 5.02 Å². The maximum atomic E-state index is 11.7. The minimum absolute atomic E-state index is 0.229. The minimum atomic E-state index is -0.261. The summed E-state index contributed by atoms with van der Waals surface area (Å²) in [7, 11) is 1.54. The lowest BCUT2D eigenvalue weighted by atomic mass is 10.2. The number of aromatic nitrogens is 3. The highest BCUT2D eigenvalue weighted by molar-refractivity contribution is 6.34. The van der Waals surface area contributed by atoms with Gasteiger partial charge < -0.3 is 25.9 Å². The van der Waals surface area contributed by atoms with Gasteiger partial charge in [0.2, 0.25) is 11.8 Å². The summed E-state index contributed by atoms with van der Waals surface area (Å²) in [6, 6.07) is 14.9. The van der Waals surface area contributed by atoms with E-state index >= 15 is 0 Å². The average Bonchev–Trinajstić information content (AvgIpc) is 3.26. The fourth-order valence-electron chi connectivity index (χ4n) is 2.91. The summed E-state index contributed by atoms with van der Waals surface area (Å²) in [5, 5.41) is 14.3. The van der Waals surface area contributed by atoms with Crippen LogP contribution in [0.3, 0.4) is 0 Å². The second-order valence-electron chi connectivity index (χ2n) is 7.13. The quantitative estimate of drug-likeness (QED) is 0.324. The first kappa shape index (κ1) is 24.7. The fraction of sp³-hybridized carbons (Fsp3) is 0.167. The van der Waals surface area contributed by atoms with Crippen LogP contribution in [0.15, 0.2) is 65.3 Å². The number of oxazole rings is 1. The van der Waals surface area contributed by atoms with Crippen LogP contribution in [0.5, 0.6) is 0 Å². The summed E-state index contributed by atoms with van der Waals surface area (Å²) >= 11 is 6.12. The second kappa shape index (κ2) is 11.8. The first-order chi connectivity index (χ1) is 16.4. The number of nitrogen functional groups attached to an aromatic ring is 1. The zero-order valence-electron chi connectivity index (χ0n) is 18.7. The van der Waals surface area contributed by atoms with Crippen molar-refractivity contribution in [1.29, 1.82) is 0 Å². The molecule has 9 nitrogen and oxygen atoms in total. The van der Waals surface area contributed by atoms with Gasteiger partial charge in [0.15, 0.2) is 0 Å². The van der Waals surface area contributed by atoms with Crippen molar-refractivity contribution in [3.05, 3.63) is 82.8 Å². The third kappa shape index (κ3) is 6.53. The Morgan fingerprint density at radius 2 is 1.91 bits per heavy atom. The van der Waals surface area contributed by atoms with E-state index in [0.29, 0.717) is 33.5 Å². The minimum Gasteiger partial charge on any atom is -0.441 e. The summed E-state index contributed by atoms with van der Waals surface area (Å²) in [4.78, 5) is 24.1. The van der Waals surface area contributed by atoms with Crippen LogP contribution in [0.25, 0.3) is 11.5 Å². The zero-order chi connectivity index (χ0) is 24.5. The molecular formula is C24H25ClN6O3. The molecule has 34 heavy (non-hydrogen) atoms. The van der Waals surface area contributed by atoms with Gasteiger partial charge in [0.1, 0.15) is 11.6 Å². The molecule has 10 heteroatoms. The van der Waals surface area contributed by atoms with Crippen LogP contribution in [-0.4, -0.2) is 39.6 Å². The Morgan fingerprint density at radius 3 is 2.50 bits per heavy atom. The van der Waals surface area contributed by atoms with Crippen molar-refractivity contribution in [3.63, 3.8) is 0 Å². The van der Waals surface area contributed by atoms with Gasteiger partial charge in [-0.1, -0.05) is 41.9 Å². The Kier molecular flexibility index (Phi) is 8.55. The van der Waals surface area contributed by atoms with E-state index in [1.54, 1.807) is 38.4 Å². The fourth-order valence-corrected chi connectivity index (χ4v) is 3.18. The highest BCUT2D eigenvalue weighted by Gasteiger charge is 2.13. The monoisotopic (exact) mass is 480 g/mol. The summed E-state index contributed by atoms with van der Waals surface area (Å²) in [6.45, 7) is 2.03. The number of aliphatic hydroxyl groups is 1. The number of carbonyl (C=O) groups excluding carboxylic acids is 1. The van der Waals surface area contributed by atoms with Gasteiger partial charge in [-0.15, -0.1) is 0 Å². The van der Waals surface area contributed by atoms with Crippen molar-refractivity contribution in [2.75, 3.05) is 24.7 Å². The maximum absolute atomic E-state index is 11.7. The number of hydrogen-bond acceptors (Lipinski definition) is 8. The number of nitrogens with zero attached hydrogens (tertiary/aromatic N) is 3. The van der Waals surface area contributed by atoms with Gasteiger partial charge in [-0.3, -0.25) is 4.79 Å². The van der Waals surface area contributed by atoms with E-state index in [2.05, 4.69) is 25.6 Å². The number of halogens is 1. The van der Waals surface area contributed by atoms with E-state index in [0.717, 1.165) is 6.42 Å². The summed E-state index contributed by atoms with van der Waals surface area (Å²) < 4.78 is 5.42. The number of benzene rings is 2. The molecule has 0 radical (unpaired) electrons. The summed E-state index contributed by atoms with van der Waals surface area (Å²) in [5.74, 6) is 1.28. The molecule has 2 aromatic heterocycles. The molecule has 0 aliphatic carbocycles. The molecule has 1 amide bonds. The van der Waals surface area contributed by atoms with Gasteiger partial charge in [0.25, 0.3) is 5.91 Å². The number of anilines is 3. The standard InChI is InChI=1S/C16H15ClN6O2.C8H10O/c1-8-6-20-15(25-8)11-7-21-16(23-13(11)18)22-9-3-4-10(12(17)5-9)14(24)19-2;9-7-6-8-4-2-1-3-5-8/h3-7H,1-2H3,(H,19,24)(H3,18,21,22,23);1-5,9H,6-7H2. The third-order valence-electron chi connectivity index (χ3n) is 4.61. The predicted molar refractivity (Wildman–Crippen MR) is 132 cm³/mol. The predicted octanol–water partition coefficient (Wildman–Crippen LogP) is 4.00. The molecule has 0 spiro atoms. The largest absolute Gasteiger partial charge is 0.441 e. The van der Waals surface area contributed by atoms with Crippen molar-refractivity contribution < 1.29 is 14.3 Å². The van der Waals surface area contributed by atoms with E-state index in [1.165, 1.54) is 11.8 Å². The van der Waals surface area contributed by atoms with Crippen LogP contribution in [0.1, 0.15) is 21.7 Å². The Balaban J connectivity index is 0.000000302. The number of nitrogens with one attached hydrogen (secondary N) is 2. The van der Waals surface area contributed by atoms with Gasteiger partial charge in [-0.05, 0) is 37.1 Å². The number of nitrogens with two attached hydrogens (primary N) is 1. The molecule has 0 saturated carbocycles. The average molecular weight is 481 g/mol. The smallest absolute Gasteiger partial charge is 0.252 e. The van der Waals surface area contributed by atoms with Gasteiger partial charge >= 0.3 is 0 Å². The number of carbonyl (C=O) groups is 1. The van der Waals surface area contributed by atoms with Gasteiger partial charge in [-0.2, -0.15) is 4.98 Å². The van der Waals surface area contributed by atoms with Crippen LogP contribution in [0.4, 0.5) is 17.5 Å². The van der Waals surface area contributed by atoms with E-state index in [4.69, 9.17) is 26.9 Å². The highest BCUT2D eigenvalue weighted by atomic mass is 35.5. The Morgan fingerprint density at radius 1 is 1.15 bits per heavy atom. The molecule has 0 unspecified atom stereocenters. The van der Waals surface area contributed by atoms with E-state index in [-0.39, 0.29) is 24.3 Å². The molecule has 2 aromatic carbocycles. The lowest BCUT2D eigenvalue weighted by Gasteiger charge is -2.09. The van der Waals surface area contributed by atoms with Crippen molar-refractivity contribution in [1.82, 2.24) is 20.3 Å². The van der Waals surface area contributed by atoms with E-state index in [1.807, 2.05) is 30.3 Å². The molecule has 0 saturated heterocycles. The molecular weight excluding hydrogens is 456 g/mol. The van der Waals surface area contributed by atoms with E-state index in [9.17, 15) is 4.79 Å². The lowest BCUT2D eigenvalue weighted by Crippen LogP contribution is -2.18. The van der Waals surface area contributed by atoms with Gasteiger partial charge in [-0.25, -0.2) is 9.97 Å². The van der Waals surface area contributed by atoms with E-state index < -0.39 is 0 Å². The zero-order valence-corrected chi connectivity index (χ0v) is 19.5. The molecule has 4 aromatic rings. The SMILES string of the molecule is CNC(=O)c1ccc(Nc2ncc(-c3ncc(C)o3)c(N)n2)cc1Cl.OCCc1ccccc1. The first-order valence-corrected chi connectivity index (χ1v) is 10.8. The van der Waals surface area contributed by atoms with Crippen LogP contribution in [-0.2, 0) is 6.42 Å². The number of rotatable bonds is 6. The summed E-state index contributed by atoms with van der Waals surface area (Å²) in [5.41, 5.74) is 8.66. The van der Waals surface area contributed by atoms with Crippen molar-refractivity contribution in [2.45, 2.75) is 13.3 Å². The van der Waals surface area contributed by atoms with Crippen LogP contribution >= 0.6 is 11.6 Å². The Labute approximate surface area is 202 Å². The summed E-state index contributed by atoms with van der Waals surface area (Å²) in [6.07, 6.45) is 3.88. The molecule has 2 heterocycles. The highest BCUT2D eigenvalue weighted by Crippen LogP contribution is 2.26. The maximum Gasteiger partial charge on any atom is 0.252 e. The lowest BCUT2D eigenvalue weighted by molar-refractivity contribution is 0.0963. The number of amides is 1. The van der Waals surface area contributed by atoms with Crippen LogP contribution in [0, 0.1) is 6.92 Å². The van der Waals surface area contributed by atoms with Crippen molar-refractivity contribution in [3.8, 4) is 11.5 Å². The molecule has 4 rings (SSSR count). The Hall–Kier alpha value is -3.95. The van der Waals surface area contributed by atoms with Crippen molar-refractivity contribution >= 4 is 35.0 Å². The topological polar surface area (TPSA) is 139 Å². The number of aryl methyl sites for hydroxylation is 1. The molecule has 0 fully saturated rings. The molecule has 0 bridgehead atoms. The molecule has 5 N–H and O–H groups in total. The second-order valence-corrected chi connectivity index (χ2v) is 7.53. The first-order valence-electron chi connectivity index (χ1n) is 10.4. The molecule has 176 valence electrons. The molecule has 0 atom stereocenters. The number of aliphatic hydroxyl groups excluding tert-OH is 1. The van der Waals surface area contributed by atoms with Crippen LogP contribution < -0.4 is 16.4 Å². The Bertz CT molecular complexity index is 1250. The normalized spacial score (nSPS) is 10.2. The number of hydrogen-bond donors (Lipinski definition) is 4. The van der Waals surface area contributed by atoms with Gasteiger partial charge in [0.05, 0.1) is 22.3 Å². The third-order valence-corrected chi connectivity index (χ3v) is 4.92. The van der Waals surface area contributed by atoms with Gasteiger partial charge in [0, 0.05) is 25.5 Å². The van der Waals surface area contributed by atoms with Crippen molar-refractivity contribution in [2.24, 2.45) is 0 Å². The molecule has 0 aliphatic rings.